The number of fused-ring (bicyclic) bond motifs is 3. The van der Waals surface area contributed by atoms with E-state index >= 15 is 0 Å². The number of rotatable bonds is 10. The summed E-state index contributed by atoms with van der Waals surface area (Å²) in [7, 11) is 3.25. The van der Waals surface area contributed by atoms with Crippen molar-refractivity contribution in [2.24, 2.45) is 0 Å². The fourth-order valence-electron chi connectivity index (χ4n) is 6.86. The maximum absolute atomic E-state index is 12.9. The zero-order valence-corrected chi connectivity index (χ0v) is 27.8. The molecule has 2 amide bonds. The lowest BCUT2D eigenvalue weighted by atomic mass is 9.73. The Morgan fingerprint density at radius 2 is 1.24 bits per heavy atom. The van der Waals surface area contributed by atoms with Crippen molar-refractivity contribution in [3.8, 4) is 11.5 Å². The minimum Gasteiger partial charge on any atom is -0.496 e. The van der Waals surface area contributed by atoms with Crippen molar-refractivity contribution in [2.75, 3.05) is 36.4 Å². The summed E-state index contributed by atoms with van der Waals surface area (Å²) in [6.07, 6.45) is -1.00. The molecule has 10 heteroatoms. The van der Waals surface area contributed by atoms with Crippen molar-refractivity contribution in [2.45, 2.75) is 31.3 Å². The number of nitrogens with one attached hydrogen (secondary N) is 2. The number of hydrogen-bond acceptors (Lipinski definition) is 8. The van der Waals surface area contributed by atoms with E-state index in [-0.39, 0.29) is 13.2 Å². The number of benzene rings is 5. The molecule has 2 atom stereocenters. The SMILES string of the molecule is COc1ccc(NC(=O)OCc2ccccc2)cc1N1c2ccccc2[C@@]2(c3cc(NC(=O)OCc4ccccc4)ccc3OC)CCOC12. The average Bonchev–Trinajstić information content (AvgIpc) is 3.71. The quantitative estimate of drug-likeness (QED) is 0.153. The van der Waals surface area contributed by atoms with Gasteiger partial charge >= 0.3 is 12.2 Å². The predicted molar refractivity (Wildman–Crippen MR) is 190 cm³/mol. The Morgan fingerprint density at radius 1 is 0.680 bits per heavy atom. The monoisotopic (exact) mass is 671 g/mol. The van der Waals surface area contributed by atoms with Gasteiger partial charge in [0.05, 0.1) is 31.9 Å². The maximum Gasteiger partial charge on any atom is 0.411 e. The van der Waals surface area contributed by atoms with Crippen LogP contribution in [0.1, 0.15) is 28.7 Å². The summed E-state index contributed by atoms with van der Waals surface area (Å²) in [5, 5.41) is 5.75. The van der Waals surface area contributed by atoms with Crippen LogP contribution in [0.4, 0.5) is 32.3 Å². The molecule has 2 aliphatic rings. The smallest absolute Gasteiger partial charge is 0.411 e. The standard InChI is InChI=1S/C40H37N3O7/c1-46-35-19-17-29(41-38(44)49-25-27-11-5-3-6-12-27)23-32(35)40-21-22-48-37(40)43(33-16-10-9-15-31(33)40)34-24-30(18-20-36(34)47-2)42-39(45)50-26-28-13-7-4-8-14-28/h3-20,23-24,37H,21-22,25-26H2,1-2H3,(H,41,44)(H,42,45)/t37?,40-/m1/s1. The predicted octanol–water partition coefficient (Wildman–Crippen LogP) is 8.39. The molecule has 50 heavy (non-hydrogen) atoms. The normalized spacial score (nSPS) is 17.3. The Labute approximate surface area is 290 Å². The van der Waals surface area contributed by atoms with E-state index in [0.29, 0.717) is 41.6 Å². The highest BCUT2D eigenvalue weighted by atomic mass is 16.6. The second-order valence-corrected chi connectivity index (χ2v) is 12.0. The van der Waals surface area contributed by atoms with Gasteiger partial charge in [0.15, 0.2) is 0 Å². The summed E-state index contributed by atoms with van der Waals surface area (Å²) in [4.78, 5) is 27.8. The molecule has 7 rings (SSSR count). The fourth-order valence-corrected chi connectivity index (χ4v) is 6.86. The number of amides is 2. The number of methoxy groups -OCH3 is 2. The van der Waals surface area contributed by atoms with E-state index < -0.39 is 23.8 Å². The van der Waals surface area contributed by atoms with Crippen LogP contribution in [-0.4, -0.2) is 39.2 Å². The van der Waals surface area contributed by atoms with Crippen molar-refractivity contribution in [3.05, 3.63) is 144 Å². The Balaban J connectivity index is 1.20. The van der Waals surface area contributed by atoms with Gasteiger partial charge in [0, 0.05) is 22.6 Å². The molecule has 0 bridgehead atoms. The molecule has 0 aromatic heterocycles. The van der Waals surface area contributed by atoms with Crippen molar-refractivity contribution in [1.29, 1.82) is 0 Å². The van der Waals surface area contributed by atoms with Crippen LogP contribution >= 0.6 is 0 Å². The molecule has 0 radical (unpaired) electrons. The maximum atomic E-state index is 12.9. The molecule has 2 heterocycles. The topological polar surface area (TPSA) is 108 Å². The third kappa shape index (κ3) is 6.28. The average molecular weight is 672 g/mol. The molecular formula is C40H37N3O7. The summed E-state index contributed by atoms with van der Waals surface area (Å²) in [6, 6.07) is 38.2. The zero-order valence-electron chi connectivity index (χ0n) is 27.8. The molecule has 5 aromatic rings. The van der Waals surface area contributed by atoms with Gasteiger partial charge in [-0.2, -0.15) is 0 Å². The van der Waals surface area contributed by atoms with Crippen LogP contribution in [-0.2, 0) is 32.8 Å². The minimum atomic E-state index is -0.684. The first-order valence-electron chi connectivity index (χ1n) is 16.3. The Morgan fingerprint density at radius 3 is 1.86 bits per heavy atom. The minimum absolute atomic E-state index is 0.147. The fraction of sp³-hybridized carbons (Fsp3) is 0.200. The molecule has 0 saturated carbocycles. The second-order valence-electron chi connectivity index (χ2n) is 12.0. The van der Waals surface area contributed by atoms with Gasteiger partial charge in [0.25, 0.3) is 0 Å². The largest absolute Gasteiger partial charge is 0.496 e. The highest BCUT2D eigenvalue weighted by molar-refractivity contribution is 5.89. The van der Waals surface area contributed by atoms with Crippen molar-refractivity contribution in [3.63, 3.8) is 0 Å². The third-order valence-corrected chi connectivity index (χ3v) is 9.11. The molecule has 254 valence electrons. The van der Waals surface area contributed by atoms with E-state index in [1.165, 1.54) is 0 Å². The lowest BCUT2D eigenvalue weighted by molar-refractivity contribution is 0.0996. The summed E-state index contributed by atoms with van der Waals surface area (Å²) in [6.45, 7) is 0.772. The third-order valence-electron chi connectivity index (χ3n) is 9.11. The summed E-state index contributed by atoms with van der Waals surface area (Å²) < 4.78 is 29.4. The first kappa shape index (κ1) is 32.5. The Hall–Kier alpha value is -6.00. The first-order chi connectivity index (χ1) is 24.5. The van der Waals surface area contributed by atoms with E-state index in [0.717, 1.165) is 27.9 Å². The van der Waals surface area contributed by atoms with Gasteiger partial charge in [-0.3, -0.25) is 10.6 Å². The number of hydrogen-bond donors (Lipinski definition) is 2. The van der Waals surface area contributed by atoms with Crippen molar-refractivity contribution >= 4 is 34.9 Å². The van der Waals surface area contributed by atoms with E-state index in [9.17, 15) is 9.59 Å². The van der Waals surface area contributed by atoms with Gasteiger partial charge in [0.2, 0.25) is 0 Å². The molecule has 0 aliphatic carbocycles. The number of nitrogens with zero attached hydrogens (tertiary/aromatic N) is 1. The van der Waals surface area contributed by atoms with E-state index in [1.807, 2.05) is 103 Å². The second kappa shape index (κ2) is 14.2. The van der Waals surface area contributed by atoms with Gasteiger partial charge in [-0.1, -0.05) is 78.9 Å². The molecule has 5 aromatic carbocycles. The van der Waals surface area contributed by atoms with Crippen LogP contribution in [0.5, 0.6) is 11.5 Å². The molecule has 1 fully saturated rings. The number of carbonyl (C=O) groups is 2. The molecule has 1 saturated heterocycles. The first-order valence-corrected chi connectivity index (χ1v) is 16.3. The number of carbonyl (C=O) groups excluding carboxylic acids is 2. The lowest BCUT2D eigenvalue weighted by Crippen LogP contribution is -2.41. The Kier molecular flexibility index (Phi) is 9.26. The number of para-hydroxylation sites is 1. The van der Waals surface area contributed by atoms with Crippen LogP contribution in [0, 0.1) is 0 Å². The van der Waals surface area contributed by atoms with E-state index in [4.69, 9.17) is 23.7 Å². The molecule has 1 unspecified atom stereocenters. The van der Waals surface area contributed by atoms with Crippen LogP contribution in [0.15, 0.2) is 121 Å². The molecule has 0 spiro atoms. The highest BCUT2D eigenvalue weighted by Gasteiger charge is 2.58. The van der Waals surface area contributed by atoms with Crippen LogP contribution < -0.4 is 25.0 Å². The molecule has 10 nitrogen and oxygen atoms in total. The highest BCUT2D eigenvalue weighted by Crippen LogP contribution is 2.60. The number of ether oxygens (including phenoxy) is 5. The van der Waals surface area contributed by atoms with Gasteiger partial charge in [0.1, 0.15) is 30.9 Å². The summed E-state index contributed by atoms with van der Waals surface area (Å²) >= 11 is 0. The van der Waals surface area contributed by atoms with Crippen LogP contribution in [0.3, 0.4) is 0 Å². The molecule has 2 N–H and O–H groups in total. The summed E-state index contributed by atoms with van der Waals surface area (Å²) in [5.74, 6) is 1.25. The van der Waals surface area contributed by atoms with Crippen molar-refractivity contribution < 1.29 is 33.3 Å². The summed E-state index contributed by atoms with van der Waals surface area (Å²) in [5.41, 5.74) is 5.70. The Bertz CT molecular complexity index is 1990. The van der Waals surface area contributed by atoms with Crippen LogP contribution in [0.2, 0.25) is 0 Å². The van der Waals surface area contributed by atoms with E-state index in [2.05, 4.69) is 21.6 Å². The van der Waals surface area contributed by atoms with Crippen LogP contribution in [0.25, 0.3) is 0 Å². The van der Waals surface area contributed by atoms with Gasteiger partial charge in [-0.25, -0.2) is 9.59 Å². The molecule has 2 aliphatic heterocycles. The zero-order chi connectivity index (χ0) is 34.5. The van der Waals surface area contributed by atoms with Gasteiger partial charge in [-0.15, -0.1) is 0 Å². The molecular weight excluding hydrogens is 634 g/mol. The van der Waals surface area contributed by atoms with Gasteiger partial charge < -0.3 is 28.6 Å². The lowest BCUT2D eigenvalue weighted by Gasteiger charge is -2.34. The van der Waals surface area contributed by atoms with Crippen molar-refractivity contribution in [1.82, 2.24) is 0 Å². The van der Waals surface area contributed by atoms with Gasteiger partial charge in [-0.05, 0) is 65.6 Å². The number of anilines is 4. The van der Waals surface area contributed by atoms with E-state index in [1.54, 1.807) is 26.4 Å².